The van der Waals surface area contributed by atoms with Crippen molar-refractivity contribution in [2.45, 2.75) is 45.6 Å². The fourth-order valence-electron chi connectivity index (χ4n) is 2.12. The van der Waals surface area contributed by atoms with Crippen LogP contribution in [0.4, 0.5) is 0 Å². The van der Waals surface area contributed by atoms with E-state index < -0.39 is 5.60 Å². The molecule has 0 unspecified atom stereocenters. The van der Waals surface area contributed by atoms with Crippen molar-refractivity contribution >= 4 is 5.97 Å². The second kappa shape index (κ2) is 4.79. The summed E-state index contributed by atoms with van der Waals surface area (Å²) in [6.45, 7) is 5.51. The van der Waals surface area contributed by atoms with Crippen LogP contribution >= 0.6 is 0 Å². The molecule has 1 aliphatic rings. The fraction of sp³-hybridized carbons (Fsp3) is 0.750. The highest BCUT2D eigenvalue weighted by atomic mass is 16.6. The summed E-state index contributed by atoms with van der Waals surface area (Å²) in [6.07, 6.45) is 4.84. The molecular formula is C12H20O3. The molecule has 3 nitrogen and oxygen atoms in total. The maximum Gasteiger partial charge on any atom is 0.303 e. The lowest BCUT2D eigenvalue weighted by Crippen LogP contribution is -2.37. The van der Waals surface area contributed by atoms with Gasteiger partial charge in [-0.15, -0.1) is 0 Å². The van der Waals surface area contributed by atoms with Crippen molar-refractivity contribution in [2.75, 3.05) is 6.61 Å². The third-order valence-corrected chi connectivity index (χ3v) is 3.10. The molecule has 1 atom stereocenters. The summed E-state index contributed by atoms with van der Waals surface area (Å²) in [5.41, 5.74) is 0.702. The third-order valence-electron chi connectivity index (χ3n) is 3.10. The molecule has 3 heteroatoms. The standard InChI is InChI=1S/C12H20O3/c1-9(14)15-12(2,3)11-6-4-10(8-13)5-7-11/h4,11,13H,5-8H2,1-3H3/t11-/m0/s1. The van der Waals surface area contributed by atoms with E-state index in [0.717, 1.165) is 24.8 Å². The summed E-state index contributed by atoms with van der Waals surface area (Å²) in [4.78, 5) is 10.9. The van der Waals surface area contributed by atoms with Gasteiger partial charge in [0.05, 0.1) is 6.61 Å². The van der Waals surface area contributed by atoms with Crippen molar-refractivity contribution in [2.24, 2.45) is 5.92 Å². The number of carbonyl (C=O) groups is 1. The van der Waals surface area contributed by atoms with E-state index in [0.29, 0.717) is 5.92 Å². The first-order chi connectivity index (χ1) is 6.95. The molecule has 1 N–H and O–H groups in total. The van der Waals surface area contributed by atoms with E-state index in [1.807, 2.05) is 13.8 Å². The van der Waals surface area contributed by atoms with Crippen LogP contribution in [0.3, 0.4) is 0 Å². The van der Waals surface area contributed by atoms with E-state index >= 15 is 0 Å². The molecule has 0 radical (unpaired) electrons. The molecule has 0 saturated carbocycles. The minimum Gasteiger partial charge on any atom is -0.460 e. The minimum atomic E-state index is -0.399. The molecule has 0 spiro atoms. The molecule has 0 aromatic rings. The second-order valence-corrected chi connectivity index (χ2v) is 4.69. The molecule has 0 aliphatic heterocycles. The Morgan fingerprint density at radius 1 is 1.67 bits per heavy atom. The van der Waals surface area contributed by atoms with Gasteiger partial charge in [0.2, 0.25) is 0 Å². The van der Waals surface area contributed by atoms with Gasteiger partial charge in [0.15, 0.2) is 0 Å². The molecule has 1 aliphatic carbocycles. The van der Waals surface area contributed by atoms with Gasteiger partial charge in [-0.25, -0.2) is 0 Å². The van der Waals surface area contributed by atoms with Crippen molar-refractivity contribution in [3.63, 3.8) is 0 Å². The van der Waals surface area contributed by atoms with Crippen LogP contribution in [0.2, 0.25) is 0 Å². The lowest BCUT2D eigenvalue weighted by molar-refractivity contribution is -0.159. The van der Waals surface area contributed by atoms with Crippen molar-refractivity contribution in [3.8, 4) is 0 Å². The van der Waals surface area contributed by atoms with Gasteiger partial charge in [-0.2, -0.15) is 0 Å². The van der Waals surface area contributed by atoms with E-state index in [9.17, 15) is 4.79 Å². The van der Waals surface area contributed by atoms with Crippen LogP contribution in [0.1, 0.15) is 40.0 Å². The summed E-state index contributed by atoms with van der Waals surface area (Å²) in [5.74, 6) is 0.133. The maximum atomic E-state index is 10.9. The van der Waals surface area contributed by atoms with Crippen LogP contribution in [0.5, 0.6) is 0 Å². The Hall–Kier alpha value is -0.830. The van der Waals surface area contributed by atoms with Crippen LogP contribution in [-0.2, 0) is 9.53 Å². The smallest absolute Gasteiger partial charge is 0.303 e. The lowest BCUT2D eigenvalue weighted by Gasteiger charge is -2.35. The van der Waals surface area contributed by atoms with E-state index in [2.05, 4.69) is 6.08 Å². The van der Waals surface area contributed by atoms with Crippen molar-refractivity contribution in [1.29, 1.82) is 0 Å². The minimum absolute atomic E-state index is 0.153. The van der Waals surface area contributed by atoms with E-state index in [4.69, 9.17) is 9.84 Å². The van der Waals surface area contributed by atoms with Gasteiger partial charge in [0.1, 0.15) is 5.60 Å². The Kier molecular flexibility index (Phi) is 3.91. The van der Waals surface area contributed by atoms with E-state index in [-0.39, 0.29) is 12.6 Å². The first-order valence-electron chi connectivity index (χ1n) is 5.44. The van der Waals surface area contributed by atoms with Gasteiger partial charge < -0.3 is 9.84 Å². The molecule has 0 aromatic carbocycles. The second-order valence-electron chi connectivity index (χ2n) is 4.69. The first-order valence-corrected chi connectivity index (χ1v) is 5.44. The molecule has 0 heterocycles. The zero-order chi connectivity index (χ0) is 11.5. The summed E-state index contributed by atoms with van der Waals surface area (Å²) in [7, 11) is 0. The molecule has 0 aromatic heterocycles. The van der Waals surface area contributed by atoms with Crippen LogP contribution in [0, 0.1) is 5.92 Å². The van der Waals surface area contributed by atoms with Gasteiger partial charge in [-0.3, -0.25) is 4.79 Å². The molecule has 0 saturated heterocycles. The number of hydrogen-bond acceptors (Lipinski definition) is 3. The van der Waals surface area contributed by atoms with Gasteiger partial charge in [0.25, 0.3) is 0 Å². The number of carbonyl (C=O) groups excluding carboxylic acids is 1. The summed E-state index contributed by atoms with van der Waals surface area (Å²) in [6, 6.07) is 0. The SMILES string of the molecule is CC(=O)OC(C)(C)[C@H]1CC=C(CO)CC1. The number of aliphatic hydroxyl groups excluding tert-OH is 1. The molecular weight excluding hydrogens is 192 g/mol. The number of hydrogen-bond donors (Lipinski definition) is 1. The third kappa shape index (κ3) is 3.34. The highest BCUT2D eigenvalue weighted by Gasteiger charge is 2.33. The molecule has 0 amide bonds. The van der Waals surface area contributed by atoms with Gasteiger partial charge in [-0.1, -0.05) is 6.08 Å². The number of esters is 1. The van der Waals surface area contributed by atoms with Crippen LogP contribution in [-0.4, -0.2) is 23.3 Å². The summed E-state index contributed by atoms with van der Waals surface area (Å²) in [5, 5.41) is 8.97. The Balaban J connectivity index is 2.59. The molecule has 86 valence electrons. The van der Waals surface area contributed by atoms with Gasteiger partial charge in [0, 0.05) is 12.8 Å². The Morgan fingerprint density at radius 3 is 2.73 bits per heavy atom. The normalized spacial score (nSPS) is 22.1. The molecule has 1 rings (SSSR count). The Bertz CT molecular complexity index is 266. The largest absolute Gasteiger partial charge is 0.460 e. The summed E-state index contributed by atoms with van der Waals surface area (Å²) < 4.78 is 5.32. The number of ether oxygens (including phenoxy) is 1. The van der Waals surface area contributed by atoms with Crippen molar-refractivity contribution in [3.05, 3.63) is 11.6 Å². The maximum absolute atomic E-state index is 10.9. The Morgan fingerprint density at radius 2 is 2.33 bits per heavy atom. The highest BCUT2D eigenvalue weighted by molar-refractivity contribution is 5.66. The number of rotatable bonds is 3. The van der Waals surface area contributed by atoms with Gasteiger partial charge >= 0.3 is 5.97 Å². The topological polar surface area (TPSA) is 46.5 Å². The number of allylic oxidation sites excluding steroid dienone is 1. The van der Waals surface area contributed by atoms with Crippen molar-refractivity contribution in [1.82, 2.24) is 0 Å². The average molecular weight is 212 g/mol. The van der Waals surface area contributed by atoms with Crippen LogP contribution in [0.25, 0.3) is 0 Å². The predicted molar refractivity (Wildman–Crippen MR) is 58.4 cm³/mol. The van der Waals surface area contributed by atoms with E-state index in [1.54, 1.807) is 0 Å². The predicted octanol–water partition coefficient (Wildman–Crippen LogP) is 2.05. The lowest BCUT2D eigenvalue weighted by atomic mass is 9.79. The van der Waals surface area contributed by atoms with Crippen LogP contribution < -0.4 is 0 Å². The quantitative estimate of drug-likeness (QED) is 0.575. The van der Waals surface area contributed by atoms with Gasteiger partial charge in [-0.05, 0) is 38.7 Å². The Labute approximate surface area is 91.1 Å². The average Bonchev–Trinajstić information content (AvgIpc) is 2.16. The fourth-order valence-corrected chi connectivity index (χ4v) is 2.12. The van der Waals surface area contributed by atoms with E-state index in [1.165, 1.54) is 6.92 Å². The summed E-state index contributed by atoms with van der Waals surface area (Å²) >= 11 is 0. The molecule has 15 heavy (non-hydrogen) atoms. The number of aliphatic hydroxyl groups is 1. The zero-order valence-electron chi connectivity index (χ0n) is 9.75. The first kappa shape index (κ1) is 12.2. The van der Waals surface area contributed by atoms with Crippen LogP contribution in [0.15, 0.2) is 11.6 Å². The molecule has 0 fully saturated rings. The zero-order valence-corrected chi connectivity index (χ0v) is 9.75. The van der Waals surface area contributed by atoms with Crippen molar-refractivity contribution < 1.29 is 14.6 Å². The molecule has 0 bridgehead atoms. The monoisotopic (exact) mass is 212 g/mol. The highest BCUT2D eigenvalue weighted by Crippen LogP contribution is 2.34.